The maximum atomic E-state index is 12.9. The fourth-order valence-electron chi connectivity index (χ4n) is 4.41. The van der Waals surface area contributed by atoms with Crippen molar-refractivity contribution in [3.8, 4) is 0 Å². The summed E-state index contributed by atoms with van der Waals surface area (Å²) in [5.74, 6) is 0.0938. The van der Waals surface area contributed by atoms with Crippen LogP contribution in [0.5, 0.6) is 0 Å². The van der Waals surface area contributed by atoms with E-state index in [1.807, 2.05) is 18.7 Å². The first-order chi connectivity index (χ1) is 11.4. The van der Waals surface area contributed by atoms with E-state index in [1.54, 1.807) is 4.52 Å². The van der Waals surface area contributed by atoms with E-state index in [9.17, 15) is 14.7 Å². The number of hydrogen-bond acceptors (Lipinski definition) is 4. The summed E-state index contributed by atoms with van der Waals surface area (Å²) >= 11 is 0. The number of H-pyrrole nitrogens is 1. The maximum absolute atomic E-state index is 12.9. The molecule has 2 aromatic rings. The Bertz CT molecular complexity index is 855. The highest BCUT2D eigenvalue weighted by Gasteiger charge is 2.42. The zero-order valence-electron chi connectivity index (χ0n) is 14.0. The van der Waals surface area contributed by atoms with E-state index in [4.69, 9.17) is 0 Å². The largest absolute Gasteiger partial charge is 0.393 e. The van der Waals surface area contributed by atoms with Gasteiger partial charge >= 0.3 is 0 Å². The molecule has 2 aliphatic rings. The zero-order chi connectivity index (χ0) is 17.0. The smallest absolute Gasteiger partial charge is 0.266 e. The van der Waals surface area contributed by atoms with Crippen molar-refractivity contribution in [1.82, 2.24) is 19.5 Å². The van der Waals surface area contributed by atoms with Gasteiger partial charge in [-0.05, 0) is 39.5 Å². The molecule has 24 heavy (non-hydrogen) atoms. The minimum absolute atomic E-state index is 0.0938. The van der Waals surface area contributed by atoms with Gasteiger partial charge in [0.2, 0.25) is 5.91 Å². The molecule has 7 heteroatoms. The van der Waals surface area contributed by atoms with E-state index < -0.39 is 0 Å². The van der Waals surface area contributed by atoms with Crippen molar-refractivity contribution in [2.24, 2.45) is 0 Å². The van der Waals surface area contributed by atoms with Crippen molar-refractivity contribution in [1.29, 1.82) is 0 Å². The number of nitrogens with zero attached hydrogens (tertiary/aromatic N) is 3. The second kappa shape index (κ2) is 5.44. The molecule has 2 aliphatic heterocycles. The van der Waals surface area contributed by atoms with Gasteiger partial charge in [-0.2, -0.15) is 0 Å². The van der Waals surface area contributed by atoms with Crippen molar-refractivity contribution >= 4 is 11.6 Å². The lowest BCUT2D eigenvalue weighted by Gasteiger charge is -2.37. The van der Waals surface area contributed by atoms with Crippen molar-refractivity contribution in [2.75, 3.05) is 0 Å². The highest BCUT2D eigenvalue weighted by Crippen LogP contribution is 2.36. The third-order valence-corrected chi connectivity index (χ3v) is 5.53. The van der Waals surface area contributed by atoms with Crippen molar-refractivity contribution in [2.45, 2.75) is 64.1 Å². The van der Waals surface area contributed by atoms with Crippen LogP contribution in [0.15, 0.2) is 10.9 Å². The first kappa shape index (κ1) is 15.4. The van der Waals surface area contributed by atoms with E-state index in [0.29, 0.717) is 18.5 Å². The number of carbonyl (C=O) groups excluding carboxylic acids is 1. The summed E-state index contributed by atoms with van der Waals surface area (Å²) in [6, 6.07) is 1.78. The molecule has 0 spiro atoms. The van der Waals surface area contributed by atoms with Gasteiger partial charge in [0.15, 0.2) is 5.65 Å². The van der Waals surface area contributed by atoms with Crippen molar-refractivity contribution in [3.63, 3.8) is 0 Å². The Morgan fingerprint density at radius 3 is 2.67 bits per heavy atom. The van der Waals surface area contributed by atoms with Crippen LogP contribution in [0.3, 0.4) is 0 Å². The molecule has 2 bridgehead atoms. The predicted octanol–water partition coefficient (Wildman–Crippen LogP) is 0.696. The number of amides is 1. The van der Waals surface area contributed by atoms with E-state index in [-0.39, 0.29) is 36.1 Å². The van der Waals surface area contributed by atoms with Crippen LogP contribution < -0.4 is 5.56 Å². The number of aryl methyl sites for hydroxylation is 2. The molecular weight excluding hydrogens is 308 g/mol. The van der Waals surface area contributed by atoms with Crippen LogP contribution in [-0.2, 0) is 11.2 Å². The van der Waals surface area contributed by atoms with Crippen molar-refractivity contribution < 1.29 is 9.90 Å². The standard InChI is InChI=1S/C17H22N4O3/c1-9-14(10(2)21-15(18-9)8-16(23)19-21)7-17(24)20-11-3-4-12(20)6-13(22)5-11/h8,11-13,22H,3-7H2,1-2H3,(H,19,23)/t11-,12+,13?. The second-order valence-corrected chi connectivity index (χ2v) is 7.06. The van der Waals surface area contributed by atoms with Crippen LogP contribution in [-0.4, -0.2) is 48.7 Å². The lowest BCUT2D eigenvalue weighted by Crippen LogP contribution is -2.48. The van der Waals surface area contributed by atoms with Crippen LogP contribution in [0, 0.1) is 13.8 Å². The Balaban J connectivity index is 1.65. The third kappa shape index (κ3) is 2.34. The minimum Gasteiger partial charge on any atom is -0.393 e. The number of rotatable bonds is 2. The molecule has 0 radical (unpaired) electrons. The first-order valence-corrected chi connectivity index (χ1v) is 8.51. The summed E-state index contributed by atoms with van der Waals surface area (Å²) in [7, 11) is 0. The molecule has 7 nitrogen and oxygen atoms in total. The number of aliphatic hydroxyl groups is 1. The maximum Gasteiger partial charge on any atom is 0.266 e. The van der Waals surface area contributed by atoms with Crippen molar-refractivity contribution in [3.05, 3.63) is 33.4 Å². The topological polar surface area (TPSA) is 90.7 Å². The molecule has 0 aromatic carbocycles. The first-order valence-electron chi connectivity index (χ1n) is 8.51. The van der Waals surface area contributed by atoms with Crippen LogP contribution in [0.1, 0.15) is 42.6 Å². The van der Waals surface area contributed by atoms with Crippen LogP contribution in [0.25, 0.3) is 5.65 Å². The molecule has 2 fully saturated rings. The van der Waals surface area contributed by atoms with E-state index in [1.165, 1.54) is 6.07 Å². The van der Waals surface area contributed by atoms with E-state index >= 15 is 0 Å². The fourth-order valence-corrected chi connectivity index (χ4v) is 4.41. The van der Waals surface area contributed by atoms with Crippen LogP contribution in [0.4, 0.5) is 0 Å². The fraction of sp³-hybridized carbons (Fsp3) is 0.588. The van der Waals surface area contributed by atoms with Crippen LogP contribution in [0.2, 0.25) is 0 Å². The van der Waals surface area contributed by atoms with Gasteiger partial charge in [-0.15, -0.1) is 0 Å². The molecule has 4 rings (SSSR count). The Labute approximate surface area is 139 Å². The summed E-state index contributed by atoms with van der Waals surface area (Å²) < 4.78 is 1.65. The number of hydrogen-bond donors (Lipinski definition) is 2. The predicted molar refractivity (Wildman–Crippen MR) is 87.9 cm³/mol. The number of fused-ring (bicyclic) bond motifs is 3. The quantitative estimate of drug-likeness (QED) is 0.848. The molecule has 128 valence electrons. The highest BCUT2D eigenvalue weighted by atomic mass is 16.3. The number of carbonyl (C=O) groups is 1. The number of aromatic amines is 1. The van der Waals surface area contributed by atoms with E-state index in [0.717, 1.165) is 29.8 Å². The van der Waals surface area contributed by atoms with Gasteiger partial charge in [-0.3, -0.25) is 14.7 Å². The van der Waals surface area contributed by atoms with Gasteiger partial charge in [0, 0.05) is 35.1 Å². The molecule has 2 aromatic heterocycles. The van der Waals surface area contributed by atoms with Crippen LogP contribution >= 0.6 is 0 Å². The molecule has 4 heterocycles. The average molecular weight is 330 g/mol. The van der Waals surface area contributed by atoms with Gasteiger partial charge in [-0.1, -0.05) is 0 Å². The number of nitrogens with one attached hydrogen (secondary N) is 1. The van der Waals surface area contributed by atoms with Gasteiger partial charge < -0.3 is 10.0 Å². The number of aromatic nitrogens is 3. The van der Waals surface area contributed by atoms with E-state index in [2.05, 4.69) is 10.1 Å². The average Bonchev–Trinajstić information content (AvgIpc) is 3.01. The Morgan fingerprint density at radius 2 is 2.00 bits per heavy atom. The van der Waals surface area contributed by atoms with Gasteiger partial charge in [0.25, 0.3) is 5.56 Å². The molecule has 0 aliphatic carbocycles. The molecular formula is C17H22N4O3. The SMILES string of the molecule is Cc1nc2cc(=O)[nH]n2c(C)c1CC(=O)N1[C@@H]2CC[C@H]1CC(O)C2. The zero-order valence-corrected chi connectivity index (χ0v) is 14.0. The molecule has 1 unspecified atom stereocenters. The molecule has 1 amide bonds. The van der Waals surface area contributed by atoms with Gasteiger partial charge in [0.05, 0.1) is 12.5 Å². The summed E-state index contributed by atoms with van der Waals surface area (Å²) in [5, 5.41) is 12.6. The highest BCUT2D eigenvalue weighted by molar-refractivity contribution is 5.80. The minimum atomic E-state index is -0.280. The second-order valence-electron chi connectivity index (χ2n) is 7.06. The molecule has 2 saturated heterocycles. The molecule has 2 N–H and O–H groups in total. The summed E-state index contributed by atoms with van der Waals surface area (Å²) in [6.07, 6.45) is 3.33. The Hall–Kier alpha value is -2.15. The molecule has 3 atom stereocenters. The monoisotopic (exact) mass is 330 g/mol. The third-order valence-electron chi connectivity index (χ3n) is 5.53. The summed E-state index contributed by atoms with van der Waals surface area (Å²) in [6.45, 7) is 3.77. The summed E-state index contributed by atoms with van der Waals surface area (Å²) in [4.78, 5) is 30.9. The Morgan fingerprint density at radius 1 is 1.33 bits per heavy atom. The Kier molecular flexibility index (Phi) is 3.49. The van der Waals surface area contributed by atoms with Gasteiger partial charge in [-0.25, -0.2) is 9.50 Å². The van der Waals surface area contributed by atoms with Gasteiger partial charge in [0.1, 0.15) is 0 Å². The number of piperidine rings is 1. The lowest BCUT2D eigenvalue weighted by molar-refractivity contribution is -0.136. The summed E-state index contributed by atoms with van der Waals surface area (Å²) in [5.41, 5.74) is 2.87. The lowest BCUT2D eigenvalue weighted by atomic mass is 9.98. The molecule has 0 saturated carbocycles. The normalized spacial score (nSPS) is 26.3. The number of aliphatic hydroxyl groups excluding tert-OH is 1.